The predicted molar refractivity (Wildman–Crippen MR) is 61.4 cm³/mol. The Hall–Kier alpha value is -0.830. The second-order valence-electron chi connectivity index (χ2n) is 4.69. The van der Waals surface area contributed by atoms with E-state index in [1.807, 2.05) is 6.20 Å². The molecule has 0 spiro atoms. The molecule has 0 saturated heterocycles. The molecule has 84 valence electrons. The Labute approximate surface area is 91.7 Å². The molecule has 1 saturated carbocycles. The number of hydrogen-bond donors (Lipinski definition) is 2. The number of aromatic amines is 1. The van der Waals surface area contributed by atoms with Crippen molar-refractivity contribution in [2.75, 3.05) is 6.54 Å². The summed E-state index contributed by atoms with van der Waals surface area (Å²) in [4.78, 5) is 7.31. The van der Waals surface area contributed by atoms with Crippen LogP contribution in [0.25, 0.3) is 0 Å². The van der Waals surface area contributed by atoms with Crippen LogP contribution in [-0.4, -0.2) is 16.5 Å². The second kappa shape index (κ2) is 5.31. The van der Waals surface area contributed by atoms with Crippen LogP contribution in [0.2, 0.25) is 0 Å². The minimum absolute atomic E-state index is 0.869. The van der Waals surface area contributed by atoms with Crippen molar-refractivity contribution in [3.8, 4) is 0 Å². The fourth-order valence-electron chi connectivity index (χ4n) is 2.47. The molecule has 3 heteroatoms. The topological polar surface area (TPSA) is 40.7 Å². The minimum Gasteiger partial charge on any atom is -0.348 e. The molecule has 2 N–H and O–H groups in total. The molecule has 1 fully saturated rings. The number of aromatic nitrogens is 2. The van der Waals surface area contributed by atoms with Crippen molar-refractivity contribution in [2.24, 2.45) is 11.8 Å². The van der Waals surface area contributed by atoms with Crippen LogP contribution in [0.3, 0.4) is 0 Å². The lowest BCUT2D eigenvalue weighted by molar-refractivity contribution is 0.247. The van der Waals surface area contributed by atoms with E-state index in [9.17, 15) is 0 Å². The van der Waals surface area contributed by atoms with E-state index in [4.69, 9.17) is 0 Å². The van der Waals surface area contributed by atoms with Gasteiger partial charge in [0.05, 0.1) is 6.54 Å². The van der Waals surface area contributed by atoms with E-state index in [-0.39, 0.29) is 0 Å². The highest BCUT2D eigenvalue weighted by molar-refractivity contribution is 4.86. The first-order valence-corrected chi connectivity index (χ1v) is 6.05. The molecule has 2 atom stereocenters. The molecule has 1 heterocycles. The van der Waals surface area contributed by atoms with Gasteiger partial charge in [0.1, 0.15) is 5.82 Å². The molecule has 0 aromatic carbocycles. The third kappa shape index (κ3) is 3.06. The number of nitrogens with one attached hydrogen (secondary N) is 2. The van der Waals surface area contributed by atoms with E-state index in [0.29, 0.717) is 0 Å². The summed E-state index contributed by atoms with van der Waals surface area (Å²) >= 11 is 0. The third-order valence-electron chi connectivity index (χ3n) is 3.54. The molecule has 1 aliphatic rings. The second-order valence-corrected chi connectivity index (χ2v) is 4.69. The van der Waals surface area contributed by atoms with Gasteiger partial charge in [0.2, 0.25) is 0 Å². The van der Waals surface area contributed by atoms with Crippen molar-refractivity contribution in [3.63, 3.8) is 0 Å². The van der Waals surface area contributed by atoms with Crippen molar-refractivity contribution >= 4 is 0 Å². The van der Waals surface area contributed by atoms with Crippen LogP contribution in [0.5, 0.6) is 0 Å². The van der Waals surface area contributed by atoms with Crippen LogP contribution < -0.4 is 5.32 Å². The normalized spacial score (nSPS) is 26.7. The Morgan fingerprint density at radius 1 is 1.47 bits per heavy atom. The summed E-state index contributed by atoms with van der Waals surface area (Å²) < 4.78 is 0. The maximum absolute atomic E-state index is 4.20. The van der Waals surface area contributed by atoms with Gasteiger partial charge in [0, 0.05) is 12.4 Å². The van der Waals surface area contributed by atoms with Gasteiger partial charge in [-0.05, 0) is 24.8 Å². The van der Waals surface area contributed by atoms with Gasteiger partial charge < -0.3 is 10.3 Å². The van der Waals surface area contributed by atoms with Crippen molar-refractivity contribution in [1.82, 2.24) is 15.3 Å². The highest BCUT2D eigenvalue weighted by Gasteiger charge is 2.20. The Morgan fingerprint density at radius 3 is 3.07 bits per heavy atom. The molecule has 1 aliphatic carbocycles. The van der Waals surface area contributed by atoms with Crippen molar-refractivity contribution in [3.05, 3.63) is 18.2 Å². The summed E-state index contributed by atoms with van der Waals surface area (Å²) in [6, 6.07) is 0. The Morgan fingerprint density at radius 2 is 2.33 bits per heavy atom. The molecule has 0 radical (unpaired) electrons. The minimum atomic E-state index is 0.869. The summed E-state index contributed by atoms with van der Waals surface area (Å²) in [5, 5.41) is 3.49. The molecule has 3 nitrogen and oxygen atoms in total. The summed E-state index contributed by atoms with van der Waals surface area (Å²) in [6.45, 7) is 4.40. The summed E-state index contributed by atoms with van der Waals surface area (Å²) in [5.74, 6) is 2.80. The summed E-state index contributed by atoms with van der Waals surface area (Å²) in [7, 11) is 0. The SMILES string of the molecule is CC1CCCCC1CNCc1ncc[nH]1. The summed E-state index contributed by atoms with van der Waals surface area (Å²) in [5.41, 5.74) is 0. The lowest BCUT2D eigenvalue weighted by atomic mass is 9.80. The van der Waals surface area contributed by atoms with Crippen LogP contribution in [0, 0.1) is 11.8 Å². The van der Waals surface area contributed by atoms with Crippen molar-refractivity contribution in [2.45, 2.75) is 39.2 Å². The van der Waals surface area contributed by atoms with Gasteiger partial charge in [-0.3, -0.25) is 0 Å². The maximum Gasteiger partial charge on any atom is 0.120 e. The van der Waals surface area contributed by atoms with Crippen LogP contribution in [0.15, 0.2) is 12.4 Å². The van der Waals surface area contributed by atoms with E-state index >= 15 is 0 Å². The smallest absolute Gasteiger partial charge is 0.120 e. The fourth-order valence-corrected chi connectivity index (χ4v) is 2.47. The lowest BCUT2D eigenvalue weighted by Gasteiger charge is -2.28. The molecular weight excluding hydrogens is 186 g/mol. The molecule has 0 aliphatic heterocycles. The maximum atomic E-state index is 4.20. The molecule has 2 unspecified atom stereocenters. The Bertz CT molecular complexity index is 268. The standard InChI is InChI=1S/C12H21N3/c1-10-4-2-3-5-11(10)8-13-9-12-14-6-7-15-12/h6-7,10-11,13H,2-5,8-9H2,1H3,(H,14,15). The van der Waals surface area contributed by atoms with Crippen LogP contribution in [-0.2, 0) is 6.54 Å². The van der Waals surface area contributed by atoms with Gasteiger partial charge in [-0.15, -0.1) is 0 Å². The van der Waals surface area contributed by atoms with E-state index < -0.39 is 0 Å². The first-order chi connectivity index (χ1) is 7.36. The third-order valence-corrected chi connectivity index (χ3v) is 3.54. The van der Waals surface area contributed by atoms with Gasteiger partial charge in [-0.2, -0.15) is 0 Å². The van der Waals surface area contributed by atoms with Gasteiger partial charge in [0.25, 0.3) is 0 Å². The number of H-pyrrole nitrogens is 1. The largest absolute Gasteiger partial charge is 0.348 e. The monoisotopic (exact) mass is 207 g/mol. The zero-order chi connectivity index (χ0) is 10.5. The van der Waals surface area contributed by atoms with E-state index in [2.05, 4.69) is 22.2 Å². The predicted octanol–water partition coefficient (Wildman–Crippen LogP) is 2.33. The average molecular weight is 207 g/mol. The van der Waals surface area contributed by atoms with Crippen molar-refractivity contribution in [1.29, 1.82) is 0 Å². The van der Waals surface area contributed by atoms with E-state index in [1.165, 1.54) is 25.7 Å². The van der Waals surface area contributed by atoms with E-state index in [1.54, 1.807) is 6.20 Å². The number of hydrogen-bond acceptors (Lipinski definition) is 2. The number of nitrogens with zero attached hydrogens (tertiary/aromatic N) is 1. The van der Waals surface area contributed by atoms with Gasteiger partial charge in [-0.25, -0.2) is 4.98 Å². The van der Waals surface area contributed by atoms with Crippen LogP contribution in [0.4, 0.5) is 0 Å². The zero-order valence-electron chi connectivity index (χ0n) is 9.50. The van der Waals surface area contributed by atoms with Gasteiger partial charge in [0.15, 0.2) is 0 Å². The molecule has 1 aromatic heterocycles. The molecule has 0 amide bonds. The molecular formula is C12H21N3. The number of rotatable bonds is 4. The quantitative estimate of drug-likeness (QED) is 0.795. The van der Waals surface area contributed by atoms with E-state index in [0.717, 1.165) is 30.7 Å². The zero-order valence-corrected chi connectivity index (χ0v) is 9.50. The Kier molecular flexibility index (Phi) is 3.78. The first kappa shape index (κ1) is 10.7. The Balaban J connectivity index is 1.68. The summed E-state index contributed by atoms with van der Waals surface area (Å²) in [6.07, 6.45) is 9.33. The number of imidazole rings is 1. The highest BCUT2D eigenvalue weighted by atomic mass is 15.0. The van der Waals surface area contributed by atoms with Crippen LogP contribution >= 0.6 is 0 Å². The highest BCUT2D eigenvalue weighted by Crippen LogP contribution is 2.28. The van der Waals surface area contributed by atoms with Crippen LogP contribution in [0.1, 0.15) is 38.4 Å². The molecule has 1 aromatic rings. The van der Waals surface area contributed by atoms with Crippen molar-refractivity contribution < 1.29 is 0 Å². The molecule has 2 rings (SSSR count). The van der Waals surface area contributed by atoms with Gasteiger partial charge in [-0.1, -0.05) is 26.2 Å². The lowest BCUT2D eigenvalue weighted by Crippen LogP contribution is -2.29. The molecule has 0 bridgehead atoms. The first-order valence-electron chi connectivity index (χ1n) is 6.05. The molecule has 15 heavy (non-hydrogen) atoms. The van der Waals surface area contributed by atoms with Gasteiger partial charge >= 0.3 is 0 Å². The fraction of sp³-hybridized carbons (Fsp3) is 0.750. The average Bonchev–Trinajstić information content (AvgIpc) is 2.74.